The number of urea groups is 1. The van der Waals surface area contributed by atoms with Crippen molar-refractivity contribution < 1.29 is 43.1 Å². The molecule has 2 fully saturated rings. The van der Waals surface area contributed by atoms with Crippen LogP contribution in [0.5, 0.6) is 0 Å². The number of nitrogens with zero attached hydrogens (tertiary/aromatic N) is 2. The highest BCUT2D eigenvalue weighted by Gasteiger charge is 2.33. The number of nitrogens with two attached hydrogens (primary N) is 1. The zero-order valence-corrected chi connectivity index (χ0v) is 36.9. The molecule has 0 bridgehead atoms. The number of allylic oxidation sites excluding steroid dienone is 2. The molecule has 4 rings (SSSR count). The van der Waals surface area contributed by atoms with Gasteiger partial charge in [-0.3, -0.25) is 19.2 Å². The monoisotopic (exact) mass is 894 g/mol. The zero-order chi connectivity index (χ0) is 44.7. The molecule has 0 unspecified atom stereocenters. The van der Waals surface area contributed by atoms with Crippen LogP contribution in [-0.4, -0.2) is 82.7 Å². The summed E-state index contributed by atoms with van der Waals surface area (Å²) in [5.41, 5.74) is 8.54. The molecular weight excluding hydrogens is 837 g/mol. The van der Waals surface area contributed by atoms with E-state index in [9.17, 15) is 33.6 Å². The van der Waals surface area contributed by atoms with E-state index in [0.29, 0.717) is 48.7 Å². The van der Waals surface area contributed by atoms with E-state index in [1.165, 1.54) is 10.8 Å². The Morgan fingerprint density at radius 1 is 0.903 bits per heavy atom. The SMILES string of the molecule is CC(C)[C@H](NC(=O)CCC/C=C/CC(=O)ON1C(=O)CCC1=O)C(N[C@@H](CCCNC(N)=O)C(=O)Nc1ccc(COC(=O)NCCSSc2ccccn2)cc1)=C1CCCC1. The maximum atomic E-state index is 14.0. The average molecular weight is 895 g/mol. The minimum Gasteiger partial charge on any atom is -0.445 e. The van der Waals surface area contributed by atoms with Crippen LogP contribution in [0.3, 0.4) is 0 Å². The summed E-state index contributed by atoms with van der Waals surface area (Å²) < 4.78 is 5.37. The topological polar surface area (TPSA) is 240 Å². The summed E-state index contributed by atoms with van der Waals surface area (Å²) in [6.07, 6.45) is 10.1. The number of aromatic nitrogens is 1. The fraction of sp³-hybridized carbons (Fsp3) is 0.488. The quantitative estimate of drug-likeness (QED) is 0.0300. The number of primary amides is 1. The molecule has 0 radical (unpaired) electrons. The summed E-state index contributed by atoms with van der Waals surface area (Å²) in [6, 6.07) is 10.9. The van der Waals surface area contributed by atoms with E-state index in [-0.39, 0.29) is 56.6 Å². The van der Waals surface area contributed by atoms with Gasteiger partial charge in [-0.2, -0.15) is 0 Å². The van der Waals surface area contributed by atoms with Gasteiger partial charge in [0, 0.05) is 55.7 Å². The number of hydrogen-bond acceptors (Lipinski definition) is 13. The fourth-order valence-electron chi connectivity index (χ4n) is 6.56. The molecule has 62 heavy (non-hydrogen) atoms. The lowest BCUT2D eigenvalue weighted by Crippen LogP contribution is -2.49. The summed E-state index contributed by atoms with van der Waals surface area (Å²) in [4.78, 5) is 95.5. The number of ether oxygens (including phenoxy) is 1. The van der Waals surface area contributed by atoms with E-state index in [1.807, 2.05) is 32.0 Å². The number of anilines is 1. The Bertz CT molecular complexity index is 1870. The number of nitrogens with one attached hydrogen (secondary N) is 5. The van der Waals surface area contributed by atoms with Crippen LogP contribution in [0.2, 0.25) is 0 Å². The minimum absolute atomic E-state index is 0.0226. The Hall–Kier alpha value is -5.56. The number of benzene rings is 1. The van der Waals surface area contributed by atoms with E-state index in [0.717, 1.165) is 47.5 Å². The van der Waals surface area contributed by atoms with Gasteiger partial charge in [-0.15, -0.1) is 5.06 Å². The van der Waals surface area contributed by atoms with Crippen LogP contribution in [0.1, 0.15) is 96.5 Å². The first-order valence-corrected chi connectivity index (χ1v) is 23.2. The van der Waals surface area contributed by atoms with Crippen molar-refractivity contribution >= 4 is 69.0 Å². The van der Waals surface area contributed by atoms with Crippen LogP contribution >= 0.6 is 21.6 Å². The molecule has 2 atom stereocenters. The summed E-state index contributed by atoms with van der Waals surface area (Å²) in [5.74, 6) is -1.62. The van der Waals surface area contributed by atoms with E-state index in [1.54, 1.807) is 53.4 Å². The number of imide groups is 1. The van der Waals surface area contributed by atoms with Crippen molar-refractivity contribution in [1.82, 2.24) is 31.3 Å². The molecule has 7 N–H and O–H groups in total. The van der Waals surface area contributed by atoms with Crippen LogP contribution in [0.4, 0.5) is 15.3 Å². The van der Waals surface area contributed by atoms with Gasteiger partial charge in [0.05, 0.1) is 12.5 Å². The Kier molecular flexibility index (Phi) is 21.1. The molecule has 1 aromatic carbocycles. The molecule has 1 saturated carbocycles. The summed E-state index contributed by atoms with van der Waals surface area (Å²) in [6.45, 7) is 4.78. The van der Waals surface area contributed by atoms with Gasteiger partial charge in [0.1, 0.15) is 17.7 Å². The van der Waals surface area contributed by atoms with Crippen LogP contribution in [0.15, 0.2) is 77.1 Å². The number of rotatable bonds is 25. The van der Waals surface area contributed by atoms with Gasteiger partial charge in [-0.05, 0) is 103 Å². The van der Waals surface area contributed by atoms with Gasteiger partial charge in [0.2, 0.25) is 11.8 Å². The minimum atomic E-state index is -0.725. The predicted octanol–water partition coefficient (Wildman–Crippen LogP) is 5.79. The molecule has 336 valence electrons. The number of amides is 7. The van der Waals surface area contributed by atoms with Crippen LogP contribution in [0.25, 0.3) is 0 Å². The molecule has 17 nitrogen and oxygen atoms in total. The number of pyridine rings is 1. The van der Waals surface area contributed by atoms with E-state index in [2.05, 4.69) is 31.6 Å². The normalized spacial score (nSPS) is 14.7. The van der Waals surface area contributed by atoms with Crippen molar-refractivity contribution in [2.45, 2.75) is 115 Å². The van der Waals surface area contributed by atoms with Crippen molar-refractivity contribution in [2.75, 3.05) is 24.2 Å². The van der Waals surface area contributed by atoms with Crippen LogP contribution in [-0.2, 0) is 40.2 Å². The number of carbonyl (C=O) groups is 7. The maximum Gasteiger partial charge on any atom is 0.407 e. The number of alkyl carbamates (subject to hydrolysis) is 1. The second kappa shape index (κ2) is 26.7. The second-order valence-electron chi connectivity index (χ2n) is 15.0. The molecular formula is C43H58N8O9S2. The highest BCUT2D eigenvalue weighted by atomic mass is 33.1. The summed E-state index contributed by atoms with van der Waals surface area (Å²) in [5, 5.41) is 16.5. The lowest BCUT2D eigenvalue weighted by Gasteiger charge is -2.31. The molecule has 1 saturated heterocycles. The third-order valence-electron chi connectivity index (χ3n) is 9.75. The summed E-state index contributed by atoms with van der Waals surface area (Å²) in [7, 11) is 3.11. The Labute approximate surface area is 370 Å². The molecule has 0 spiro atoms. The highest BCUT2D eigenvalue weighted by Crippen LogP contribution is 2.30. The first-order chi connectivity index (χ1) is 29.9. The van der Waals surface area contributed by atoms with Gasteiger partial charge in [-0.25, -0.2) is 19.4 Å². The van der Waals surface area contributed by atoms with Gasteiger partial charge >= 0.3 is 18.1 Å². The van der Waals surface area contributed by atoms with E-state index >= 15 is 0 Å². The lowest BCUT2D eigenvalue weighted by atomic mass is 9.94. The van der Waals surface area contributed by atoms with Crippen LogP contribution in [0, 0.1) is 5.92 Å². The molecule has 2 aromatic rings. The van der Waals surface area contributed by atoms with Crippen LogP contribution < -0.4 is 32.3 Å². The van der Waals surface area contributed by atoms with Gasteiger partial charge < -0.3 is 41.9 Å². The Morgan fingerprint density at radius 2 is 1.65 bits per heavy atom. The van der Waals surface area contributed by atoms with Crippen molar-refractivity contribution in [1.29, 1.82) is 0 Å². The summed E-state index contributed by atoms with van der Waals surface area (Å²) >= 11 is 0. The fourth-order valence-corrected chi connectivity index (χ4v) is 8.34. The van der Waals surface area contributed by atoms with Gasteiger partial charge in [0.15, 0.2) is 0 Å². The van der Waals surface area contributed by atoms with Crippen molar-refractivity contribution in [3.8, 4) is 0 Å². The molecule has 2 aliphatic rings. The maximum absolute atomic E-state index is 14.0. The van der Waals surface area contributed by atoms with Gasteiger partial charge in [-0.1, -0.05) is 55.0 Å². The lowest BCUT2D eigenvalue weighted by molar-refractivity contribution is -0.196. The average Bonchev–Trinajstić information content (AvgIpc) is 3.90. The van der Waals surface area contributed by atoms with E-state index in [4.69, 9.17) is 15.3 Å². The Balaban J connectivity index is 1.30. The number of unbranched alkanes of at least 4 members (excludes halogenated alkanes) is 1. The standard InChI is InChI=1S/C43H58N8O9S2/c1-29(2)39(50-34(52)15-5-3-4-6-17-38(55)60-51-36(53)22-23-37(51)54)40(31-12-7-8-13-31)49-33(14-11-25-46-42(44)57)41(56)48-32-20-18-30(19-21-32)28-59-43(58)47-26-27-61-62-35-16-9-10-24-45-35/h4,6,9-10,16,18-21,24,29,33,39,49H,3,5,7-8,11-15,17,22-23,25-28H2,1-2H3,(H,47,58)(H,48,56)(H,50,52)(H3,44,46,57)/b6-4+/t33-,39-/m0/s1. The third-order valence-corrected chi connectivity index (χ3v) is 12.0. The second-order valence-corrected chi connectivity index (χ2v) is 17.5. The van der Waals surface area contributed by atoms with Crippen molar-refractivity contribution in [3.05, 3.63) is 77.6 Å². The smallest absolute Gasteiger partial charge is 0.407 e. The predicted molar refractivity (Wildman–Crippen MR) is 237 cm³/mol. The van der Waals surface area contributed by atoms with E-state index < -0.39 is 42.0 Å². The van der Waals surface area contributed by atoms with Crippen molar-refractivity contribution in [2.24, 2.45) is 11.7 Å². The first-order valence-electron chi connectivity index (χ1n) is 20.9. The molecule has 1 aliphatic heterocycles. The number of hydrogen-bond donors (Lipinski definition) is 6. The van der Waals surface area contributed by atoms with Gasteiger partial charge in [0.25, 0.3) is 11.8 Å². The Morgan fingerprint density at radius 3 is 2.32 bits per heavy atom. The first kappa shape index (κ1) is 49.1. The highest BCUT2D eigenvalue weighted by molar-refractivity contribution is 8.76. The third kappa shape index (κ3) is 17.8. The molecule has 1 aliphatic carbocycles. The largest absolute Gasteiger partial charge is 0.445 e. The molecule has 7 amide bonds. The molecule has 1 aromatic heterocycles. The molecule has 19 heteroatoms. The number of hydroxylamine groups is 2. The molecule has 2 heterocycles. The zero-order valence-electron chi connectivity index (χ0n) is 35.3. The number of carbonyl (C=O) groups excluding carboxylic acids is 7. The van der Waals surface area contributed by atoms with Crippen molar-refractivity contribution in [3.63, 3.8) is 0 Å².